The minimum atomic E-state index is -4.06. The number of pyridine rings is 1. The van der Waals surface area contributed by atoms with E-state index in [1.807, 2.05) is 6.07 Å². The first-order valence-corrected chi connectivity index (χ1v) is 5.45. The van der Waals surface area contributed by atoms with Crippen LogP contribution in [-0.4, -0.2) is 24.2 Å². The van der Waals surface area contributed by atoms with E-state index in [0.29, 0.717) is 25.2 Å². The van der Waals surface area contributed by atoms with Gasteiger partial charge in [0.2, 0.25) is 0 Å². The third-order valence-electron chi connectivity index (χ3n) is 2.22. The van der Waals surface area contributed by atoms with Gasteiger partial charge in [-0.2, -0.15) is 13.2 Å². The molecule has 0 aliphatic rings. The van der Waals surface area contributed by atoms with E-state index in [1.54, 1.807) is 12.3 Å². The summed E-state index contributed by atoms with van der Waals surface area (Å²) in [4.78, 5) is 4.09. The van der Waals surface area contributed by atoms with Gasteiger partial charge in [0.05, 0.1) is 11.9 Å². The summed E-state index contributed by atoms with van der Waals surface area (Å²) in [7, 11) is 0. The Morgan fingerprint density at radius 1 is 1.24 bits per heavy atom. The number of nitrogen functional groups attached to an aromatic ring is 1. The van der Waals surface area contributed by atoms with Crippen molar-refractivity contribution < 1.29 is 13.2 Å². The van der Waals surface area contributed by atoms with Crippen molar-refractivity contribution in [1.82, 2.24) is 10.3 Å². The summed E-state index contributed by atoms with van der Waals surface area (Å²) in [5, 5.41) is 2.95. The van der Waals surface area contributed by atoms with Crippen LogP contribution in [0.2, 0.25) is 0 Å². The minimum absolute atomic E-state index is 0.110. The minimum Gasteiger partial charge on any atom is -0.397 e. The standard InChI is InChI=1S/C11H16F3N3/c12-11(13,14)5-1-6-16-7-4-10-3-2-9(15)8-17-10/h2-3,8,16H,1,4-7,15H2. The summed E-state index contributed by atoms with van der Waals surface area (Å²) in [5.41, 5.74) is 6.96. The fraction of sp³-hybridized carbons (Fsp3) is 0.545. The van der Waals surface area contributed by atoms with Gasteiger partial charge in [-0.1, -0.05) is 0 Å². The molecule has 1 rings (SSSR count). The average Bonchev–Trinajstić information content (AvgIpc) is 2.24. The van der Waals surface area contributed by atoms with Crippen LogP contribution < -0.4 is 11.1 Å². The quantitative estimate of drug-likeness (QED) is 0.757. The molecule has 96 valence electrons. The first-order valence-electron chi connectivity index (χ1n) is 5.45. The molecule has 1 heterocycles. The molecule has 3 nitrogen and oxygen atoms in total. The Bertz CT molecular complexity index is 322. The molecule has 0 amide bonds. The van der Waals surface area contributed by atoms with Gasteiger partial charge in [0.1, 0.15) is 0 Å². The average molecular weight is 247 g/mol. The van der Waals surface area contributed by atoms with Crippen LogP contribution in [-0.2, 0) is 6.42 Å². The highest BCUT2D eigenvalue weighted by molar-refractivity contribution is 5.34. The highest BCUT2D eigenvalue weighted by atomic mass is 19.4. The zero-order valence-electron chi connectivity index (χ0n) is 9.43. The molecule has 0 aliphatic heterocycles. The van der Waals surface area contributed by atoms with Crippen molar-refractivity contribution in [3.05, 3.63) is 24.0 Å². The van der Waals surface area contributed by atoms with E-state index in [2.05, 4.69) is 10.3 Å². The summed E-state index contributed by atoms with van der Waals surface area (Å²) in [6, 6.07) is 3.57. The summed E-state index contributed by atoms with van der Waals surface area (Å²) in [6.07, 6.45) is -2.43. The van der Waals surface area contributed by atoms with Gasteiger partial charge in [-0.3, -0.25) is 4.98 Å². The normalized spacial score (nSPS) is 11.7. The van der Waals surface area contributed by atoms with Crippen molar-refractivity contribution in [2.45, 2.75) is 25.4 Å². The van der Waals surface area contributed by atoms with Crippen LogP contribution in [0.25, 0.3) is 0 Å². The van der Waals surface area contributed by atoms with Gasteiger partial charge in [0, 0.05) is 25.1 Å². The number of nitrogens with two attached hydrogens (primary N) is 1. The van der Waals surface area contributed by atoms with Gasteiger partial charge >= 0.3 is 6.18 Å². The van der Waals surface area contributed by atoms with Crippen molar-refractivity contribution in [2.75, 3.05) is 18.8 Å². The highest BCUT2D eigenvalue weighted by Crippen LogP contribution is 2.20. The fourth-order valence-corrected chi connectivity index (χ4v) is 1.34. The summed E-state index contributed by atoms with van der Waals surface area (Å²) < 4.78 is 35.5. The number of nitrogens with one attached hydrogen (secondary N) is 1. The van der Waals surface area contributed by atoms with Crippen LogP contribution >= 0.6 is 0 Å². The molecular weight excluding hydrogens is 231 g/mol. The van der Waals surface area contributed by atoms with Crippen molar-refractivity contribution in [3.63, 3.8) is 0 Å². The van der Waals surface area contributed by atoms with Crippen LogP contribution in [0.3, 0.4) is 0 Å². The van der Waals surface area contributed by atoms with Gasteiger partial charge in [-0.05, 0) is 25.1 Å². The molecule has 0 bridgehead atoms. The predicted molar refractivity (Wildman–Crippen MR) is 60.5 cm³/mol. The molecule has 1 aromatic rings. The summed E-state index contributed by atoms with van der Waals surface area (Å²) in [6.45, 7) is 0.989. The second-order valence-electron chi connectivity index (χ2n) is 3.80. The monoisotopic (exact) mass is 247 g/mol. The molecule has 0 unspecified atom stereocenters. The zero-order valence-corrected chi connectivity index (χ0v) is 9.43. The van der Waals surface area contributed by atoms with Gasteiger partial charge in [0.25, 0.3) is 0 Å². The SMILES string of the molecule is Nc1ccc(CCNCCCC(F)(F)F)nc1. The first kappa shape index (κ1) is 13.8. The molecule has 0 spiro atoms. The van der Waals surface area contributed by atoms with Crippen LogP contribution in [0.1, 0.15) is 18.5 Å². The Hall–Kier alpha value is -1.30. The van der Waals surface area contributed by atoms with E-state index < -0.39 is 12.6 Å². The Kier molecular flexibility index (Phi) is 5.21. The molecule has 6 heteroatoms. The predicted octanol–water partition coefficient (Wildman–Crippen LogP) is 2.14. The van der Waals surface area contributed by atoms with Crippen LogP contribution in [0.15, 0.2) is 18.3 Å². The number of nitrogens with zero attached hydrogens (tertiary/aromatic N) is 1. The van der Waals surface area contributed by atoms with Gasteiger partial charge in [-0.15, -0.1) is 0 Å². The topological polar surface area (TPSA) is 50.9 Å². The molecule has 0 aromatic carbocycles. The number of aromatic nitrogens is 1. The smallest absolute Gasteiger partial charge is 0.389 e. The molecule has 0 saturated carbocycles. The first-order chi connectivity index (χ1) is 7.97. The molecule has 3 N–H and O–H groups in total. The number of hydrogen-bond donors (Lipinski definition) is 2. The number of anilines is 1. The molecule has 0 atom stereocenters. The fourth-order valence-electron chi connectivity index (χ4n) is 1.34. The Morgan fingerprint density at radius 2 is 2.00 bits per heavy atom. The van der Waals surface area contributed by atoms with Crippen LogP contribution in [0.5, 0.6) is 0 Å². The maximum absolute atomic E-state index is 11.8. The molecule has 0 radical (unpaired) electrons. The van der Waals surface area contributed by atoms with Crippen molar-refractivity contribution in [3.8, 4) is 0 Å². The molecule has 0 fully saturated rings. The second-order valence-corrected chi connectivity index (χ2v) is 3.80. The van der Waals surface area contributed by atoms with E-state index in [9.17, 15) is 13.2 Å². The molecule has 1 aromatic heterocycles. The maximum atomic E-state index is 11.8. The lowest BCUT2D eigenvalue weighted by molar-refractivity contribution is -0.135. The Balaban J connectivity index is 2.07. The van der Waals surface area contributed by atoms with Crippen molar-refractivity contribution >= 4 is 5.69 Å². The number of rotatable bonds is 6. The third-order valence-corrected chi connectivity index (χ3v) is 2.22. The van der Waals surface area contributed by atoms with Crippen molar-refractivity contribution in [1.29, 1.82) is 0 Å². The summed E-state index contributed by atoms with van der Waals surface area (Å²) in [5.74, 6) is 0. The van der Waals surface area contributed by atoms with Gasteiger partial charge in [0.15, 0.2) is 0 Å². The maximum Gasteiger partial charge on any atom is 0.389 e. The molecular formula is C11H16F3N3. The lowest BCUT2D eigenvalue weighted by Gasteiger charge is -2.07. The zero-order chi connectivity index (χ0) is 12.7. The number of hydrogen-bond acceptors (Lipinski definition) is 3. The number of alkyl halides is 3. The Morgan fingerprint density at radius 3 is 2.59 bits per heavy atom. The molecule has 17 heavy (non-hydrogen) atoms. The molecule has 0 aliphatic carbocycles. The van der Waals surface area contributed by atoms with E-state index in [4.69, 9.17) is 5.73 Å². The third kappa shape index (κ3) is 6.78. The number of halogens is 3. The van der Waals surface area contributed by atoms with Gasteiger partial charge < -0.3 is 11.1 Å². The van der Waals surface area contributed by atoms with E-state index in [1.165, 1.54) is 0 Å². The van der Waals surface area contributed by atoms with Crippen molar-refractivity contribution in [2.24, 2.45) is 0 Å². The largest absolute Gasteiger partial charge is 0.397 e. The lowest BCUT2D eigenvalue weighted by Crippen LogP contribution is -2.20. The van der Waals surface area contributed by atoms with Gasteiger partial charge in [-0.25, -0.2) is 0 Å². The van der Waals surface area contributed by atoms with E-state index in [0.717, 1.165) is 5.69 Å². The summed E-state index contributed by atoms with van der Waals surface area (Å²) >= 11 is 0. The Labute approximate surface area is 98.2 Å². The van der Waals surface area contributed by atoms with E-state index >= 15 is 0 Å². The lowest BCUT2D eigenvalue weighted by atomic mass is 10.2. The second kappa shape index (κ2) is 6.44. The van der Waals surface area contributed by atoms with Crippen LogP contribution in [0.4, 0.5) is 18.9 Å². The van der Waals surface area contributed by atoms with E-state index in [-0.39, 0.29) is 6.42 Å². The molecule has 0 saturated heterocycles. The van der Waals surface area contributed by atoms with Crippen LogP contribution in [0, 0.1) is 0 Å². The highest BCUT2D eigenvalue weighted by Gasteiger charge is 2.25.